The number of piperidine rings is 1. The van der Waals surface area contributed by atoms with Crippen molar-refractivity contribution in [3.05, 3.63) is 114 Å². The molecule has 0 aromatic heterocycles. The molecule has 2 unspecified atom stereocenters. The first-order valence-corrected chi connectivity index (χ1v) is 12.5. The van der Waals surface area contributed by atoms with Crippen molar-refractivity contribution in [2.75, 3.05) is 26.3 Å². The Morgan fingerprint density at radius 3 is 2.44 bits per heavy atom. The Labute approximate surface area is 212 Å². The van der Waals surface area contributed by atoms with Gasteiger partial charge in [-0.15, -0.1) is 0 Å². The van der Waals surface area contributed by atoms with Crippen molar-refractivity contribution < 1.29 is 19.0 Å². The van der Waals surface area contributed by atoms with Crippen molar-refractivity contribution in [3.63, 3.8) is 0 Å². The fraction of sp³-hybridized carbons (Fsp3) is 0.258. The van der Waals surface area contributed by atoms with Gasteiger partial charge < -0.3 is 19.5 Å². The summed E-state index contributed by atoms with van der Waals surface area (Å²) in [4.78, 5) is 12.0. The van der Waals surface area contributed by atoms with Gasteiger partial charge in [-0.05, 0) is 65.2 Å². The summed E-state index contributed by atoms with van der Waals surface area (Å²) in [6.45, 7) is 2.92. The molecule has 1 heterocycles. The molecule has 4 aromatic carbocycles. The van der Waals surface area contributed by atoms with Gasteiger partial charge in [0.05, 0.1) is 18.3 Å². The van der Waals surface area contributed by atoms with Crippen LogP contribution in [0.25, 0.3) is 10.8 Å². The molecular formula is C31H31NO4. The molecule has 5 heteroatoms. The zero-order chi connectivity index (χ0) is 24.6. The van der Waals surface area contributed by atoms with E-state index >= 15 is 0 Å². The lowest BCUT2D eigenvalue weighted by atomic mass is 9.87. The summed E-state index contributed by atoms with van der Waals surface area (Å²) >= 11 is 0. The largest absolute Gasteiger partial charge is 0.490 e. The van der Waals surface area contributed by atoms with E-state index in [4.69, 9.17) is 14.2 Å². The number of esters is 1. The van der Waals surface area contributed by atoms with Crippen LogP contribution in [-0.2, 0) is 16.1 Å². The maximum absolute atomic E-state index is 12.0. The molecule has 0 amide bonds. The van der Waals surface area contributed by atoms with E-state index in [2.05, 4.69) is 59.9 Å². The van der Waals surface area contributed by atoms with Crippen molar-refractivity contribution in [2.24, 2.45) is 0 Å². The van der Waals surface area contributed by atoms with Crippen LogP contribution in [0.2, 0.25) is 0 Å². The molecule has 0 radical (unpaired) electrons. The number of benzene rings is 4. The number of ether oxygens (including phenoxy) is 3. The Bertz CT molecular complexity index is 1270. The van der Waals surface area contributed by atoms with Crippen LogP contribution in [0.4, 0.5) is 0 Å². The summed E-state index contributed by atoms with van der Waals surface area (Å²) in [5, 5.41) is 5.96. The standard InChI is InChI=1S/C31H31NO4/c33-31(26-7-2-1-3-8-26)35-19-18-34-28-14-12-25(13-15-28)29-16-17-32-21-30(29)36-22-23-10-11-24-6-4-5-9-27(24)20-23/h1-15,20,29-30,32H,16-19,21-22H2. The first-order valence-electron chi connectivity index (χ1n) is 12.5. The molecule has 1 aliphatic heterocycles. The van der Waals surface area contributed by atoms with Crippen LogP contribution in [0.1, 0.15) is 33.8 Å². The van der Waals surface area contributed by atoms with Gasteiger partial charge in [-0.1, -0.05) is 66.7 Å². The average molecular weight is 482 g/mol. The van der Waals surface area contributed by atoms with Crippen molar-refractivity contribution in [1.29, 1.82) is 0 Å². The van der Waals surface area contributed by atoms with E-state index < -0.39 is 0 Å². The summed E-state index contributed by atoms with van der Waals surface area (Å²) in [6.07, 6.45) is 1.13. The Morgan fingerprint density at radius 2 is 1.61 bits per heavy atom. The monoisotopic (exact) mass is 481 g/mol. The van der Waals surface area contributed by atoms with E-state index in [1.165, 1.54) is 21.9 Å². The Morgan fingerprint density at radius 1 is 0.833 bits per heavy atom. The van der Waals surface area contributed by atoms with Gasteiger partial charge in [0.2, 0.25) is 0 Å². The van der Waals surface area contributed by atoms with Gasteiger partial charge in [0.15, 0.2) is 0 Å². The van der Waals surface area contributed by atoms with Gasteiger partial charge in [-0.3, -0.25) is 0 Å². The zero-order valence-electron chi connectivity index (χ0n) is 20.3. The predicted molar refractivity (Wildman–Crippen MR) is 141 cm³/mol. The smallest absolute Gasteiger partial charge is 0.338 e. The highest BCUT2D eigenvalue weighted by atomic mass is 16.6. The molecule has 36 heavy (non-hydrogen) atoms. The van der Waals surface area contributed by atoms with Crippen LogP contribution in [0.5, 0.6) is 5.75 Å². The molecule has 4 aromatic rings. The summed E-state index contributed by atoms with van der Waals surface area (Å²) in [5.74, 6) is 0.750. The molecule has 2 atom stereocenters. The normalized spacial score (nSPS) is 17.6. The topological polar surface area (TPSA) is 56.8 Å². The highest BCUT2D eigenvalue weighted by Crippen LogP contribution is 2.30. The van der Waals surface area contributed by atoms with Crippen molar-refractivity contribution >= 4 is 16.7 Å². The lowest BCUT2D eigenvalue weighted by molar-refractivity contribution is 0.0106. The third kappa shape index (κ3) is 6.11. The van der Waals surface area contributed by atoms with Crippen molar-refractivity contribution in [1.82, 2.24) is 5.32 Å². The van der Waals surface area contributed by atoms with Crippen molar-refractivity contribution in [3.8, 4) is 5.75 Å². The molecule has 0 aliphatic carbocycles. The van der Waals surface area contributed by atoms with Crippen LogP contribution in [0, 0.1) is 0 Å². The maximum atomic E-state index is 12.0. The van der Waals surface area contributed by atoms with E-state index in [1.54, 1.807) is 12.1 Å². The average Bonchev–Trinajstić information content (AvgIpc) is 2.95. The summed E-state index contributed by atoms with van der Waals surface area (Å²) in [7, 11) is 0. The number of nitrogens with one attached hydrogen (secondary N) is 1. The maximum Gasteiger partial charge on any atom is 0.338 e. The van der Waals surface area contributed by atoms with E-state index in [0.29, 0.717) is 24.7 Å². The lowest BCUT2D eigenvalue weighted by Crippen LogP contribution is -2.40. The highest BCUT2D eigenvalue weighted by Gasteiger charge is 2.27. The molecule has 1 saturated heterocycles. The van der Waals surface area contributed by atoms with Gasteiger partial charge >= 0.3 is 5.97 Å². The van der Waals surface area contributed by atoms with E-state index in [1.807, 2.05) is 30.3 Å². The van der Waals surface area contributed by atoms with Crippen LogP contribution in [0.15, 0.2) is 97.1 Å². The highest BCUT2D eigenvalue weighted by molar-refractivity contribution is 5.89. The molecule has 0 bridgehead atoms. The number of rotatable bonds is 9. The number of hydrogen-bond acceptors (Lipinski definition) is 5. The third-order valence-electron chi connectivity index (χ3n) is 6.61. The SMILES string of the molecule is O=C(OCCOc1ccc(C2CCNCC2OCc2ccc3ccccc3c2)cc1)c1ccccc1. The van der Waals surface area contributed by atoms with Crippen molar-refractivity contribution in [2.45, 2.75) is 25.0 Å². The van der Waals surface area contributed by atoms with E-state index in [9.17, 15) is 4.79 Å². The predicted octanol–water partition coefficient (Wildman–Crippen LogP) is 5.74. The number of hydrogen-bond donors (Lipinski definition) is 1. The number of carbonyl (C=O) groups is 1. The van der Waals surface area contributed by atoms with Crippen LogP contribution in [-0.4, -0.2) is 38.4 Å². The molecular weight excluding hydrogens is 450 g/mol. The fourth-order valence-corrected chi connectivity index (χ4v) is 4.68. The minimum atomic E-state index is -0.338. The minimum absolute atomic E-state index is 0.106. The van der Waals surface area contributed by atoms with Gasteiger partial charge in [-0.25, -0.2) is 4.79 Å². The van der Waals surface area contributed by atoms with E-state index in [0.717, 1.165) is 25.3 Å². The van der Waals surface area contributed by atoms with E-state index in [-0.39, 0.29) is 18.7 Å². The molecule has 0 saturated carbocycles. The lowest BCUT2D eigenvalue weighted by Gasteiger charge is -2.32. The van der Waals surface area contributed by atoms with Crippen LogP contribution < -0.4 is 10.1 Å². The zero-order valence-corrected chi connectivity index (χ0v) is 20.3. The van der Waals surface area contributed by atoms with Gasteiger partial charge in [0, 0.05) is 12.5 Å². The molecule has 184 valence electrons. The Balaban J connectivity index is 1.13. The second-order valence-electron chi connectivity index (χ2n) is 9.05. The molecule has 5 rings (SSSR count). The minimum Gasteiger partial charge on any atom is -0.490 e. The van der Waals surface area contributed by atoms with Gasteiger partial charge in [0.1, 0.15) is 19.0 Å². The van der Waals surface area contributed by atoms with Crippen LogP contribution >= 0.6 is 0 Å². The number of fused-ring (bicyclic) bond motifs is 1. The summed E-state index contributed by atoms with van der Waals surface area (Å²) in [5.41, 5.74) is 2.99. The Hall–Kier alpha value is -3.67. The summed E-state index contributed by atoms with van der Waals surface area (Å²) < 4.78 is 17.5. The second-order valence-corrected chi connectivity index (χ2v) is 9.05. The second kappa shape index (κ2) is 11.8. The van der Waals surface area contributed by atoms with Gasteiger partial charge in [0.25, 0.3) is 0 Å². The molecule has 1 fully saturated rings. The van der Waals surface area contributed by atoms with Crippen LogP contribution in [0.3, 0.4) is 0 Å². The molecule has 1 aliphatic rings. The molecule has 0 spiro atoms. The number of carbonyl (C=O) groups excluding carboxylic acids is 1. The summed E-state index contributed by atoms with van der Waals surface area (Å²) in [6, 6.07) is 32.1. The fourth-order valence-electron chi connectivity index (χ4n) is 4.68. The molecule has 1 N–H and O–H groups in total. The van der Waals surface area contributed by atoms with Gasteiger partial charge in [-0.2, -0.15) is 0 Å². The quantitative estimate of drug-likeness (QED) is 0.244. The first-order chi connectivity index (χ1) is 17.8. The first kappa shape index (κ1) is 24.0. The Kier molecular flexibility index (Phi) is 7.91. The third-order valence-corrected chi connectivity index (χ3v) is 6.61. The molecule has 5 nitrogen and oxygen atoms in total.